The van der Waals surface area contributed by atoms with Crippen LogP contribution in [-0.2, 0) is 11.2 Å². The zero-order valence-electron chi connectivity index (χ0n) is 11.7. The lowest BCUT2D eigenvalue weighted by molar-refractivity contribution is 0.0348. The Kier molecular flexibility index (Phi) is 5.66. The highest BCUT2D eigenvalue weighted by atomic mass is 16.5. The Hall–Kier alpha value is -0.860. The zero-order valence-corrected chi connectivity index (χ0v) is 11.7. The van der Waals surface area contributed by atoms with Crippen LogP contribution in [0.25, 0.3) is 0 Å². The number of ether oxygens (including phenoxy) is 1. The predicted octanol–water partition coefficient (Wildman–Crippen LogP) is 3.18. The Bertz CT molecular complexity index is 335. The first-order chi connectivity index (χ1) is 8.13. The summed E-state index contributed by atoms with van der Waals surface area (Å²) in [6, 6.07) is 9.01. The normalized spacial score (nSPS) is 14.9. The monoisotopic (exact) mass is 235 g/mol. The van der Waals surface area contributed by atoms with Crippen molar-refractivity contribution in [3.05, 3.63) is 35.4 Å². The second kappa shape index (κ2) is 6.77. The van der Waals surface area contributed by atoms with Crippen LogP contribution in [0, 0.1) is 5.92 Å². The SMILES string of the molecule is CCc1cccc(C(NC)C(OC)C(C)C)c1. The molecule has 0 aliphatic carbocycles. The molecule has 0 fully saturated rings. The third-order valence-electron chi connectivity index (χ3n) is 3.29. The summed E-state index contributed by atoms with van der Waals surface area (Å²) in [6.07, 6.45) is 1.27. The molecule has 1 aromatic rings. The van der Waals surface area contributed by atoms with Gasteiger partial charge in [0.2, 0.25) is 0 Å². The topological polar surface area (TPSA) is 21.3 Å². The first kappa shape index (κ1) is 14.2. The maximum Gasteiger partial charge on any atom is 0.0788 e. The number of hydrogen-bond acceptors (Lipinski definition) is 2. The Labute approximate surface area is 105 Å². The maximum absolute atomic E-state index is 5.63. The van der Waals surface area contributed by atoms with Gasteiger partial charge in [-0.15, -0.1) is 0 Å². The van der Waals surface area contributed by atoms with Gasteiger partial charge in [0.15, 0.2) is 0 Å². The lowest BCUT2D eigenvalue weighted by atomic mass is 9.92. The average Bonchev–Trinajstić information content (AvgIpc) is 2.35. The fraction of sp³-hybridized carbons (Fsp3) is 0.600. The number of likely N-dealkylation sites (N-methyl/N-ethyl adjacent to an activating group) is 1. The van der Waals surface area contributed by atoms with Gasteiger partial charge in [0.1, 0.15) is 0 Å². The van der Waals surface area contributed by atoms with Crippen LogP contribution in [0.15, 0.2) is 24.3 Å². The number of hydrogen-bond donors (Lipinski definition) is 1. The Morgan fingerprint density at radius 1 is 1.29 bits per heavy atom. The fourth-order valence-corrected chi connectivity index (χ4v) is 2.32. The van der Waals surface area contributed by atoms with Crippen LogP contribution in [-0.4, -0.2) is 20.3 Å². The molecule has 2 atom stereocenters. The standard InChI is InChI=1S/C15H25NO/c1-6-12-8-7-9-13(10-12)14(16-4)15(17-5)11(2)3/h7-11,14-16H,6H2,1-5H3. The van der Waals surface area contributed by atoms with Gasteiger partial charge in [-0.2, -0.15) is 0 Å². The molecule has 0 spiro atoms. The molecule has 0 amide bonds. The van der Waals surface area contributed by atoms with Crippen molar-refractivity contribution in [2.45, 2.75) is 39.3 Å². The molecule has 0 saturated heterocycles. The first-order valence-corrected chi connectivity index (χ1v) is 6.42. The Morgan fingerprint density at radius 2 is 2.00 bits per heavy atom. The van der Waals surface area contributed by atoms with Crippen molar-refractivity contribution in [1.29, 1.82) is 0 Å². The highest BCUT2D eigenvalue weighted by molar-refractivity contribution is 5.27. The Morgan fingerprint density at radius 3 is 2.47 bits per heavy atom. The summed E-state index contributed by atoms with van der Waals surface area (Å²) in [7, 11) is 3.79. The minimum Gasteiger partial charge on any atom is -0.379 e. The average molecular weight is 235 g/mol. The van der Waals surface area contributed by atoms with Crippen LogP contribution in [0.3, 0.4) is 0 Å². The number of rotatable bonds is 6. The van der Waals surface area contributed by atoms with Crippen molar-refractivity contribution in [3.8, 4) is 0 Å². The van der Waals surface area contributed by atoms with Gasteiger partial charge in [-0.25, -0.2) is 0 Å². The van der Waals surface area contributed by atoms with Gasteiger partial charge in [-0.1, -0.05) is 45.0 Å². The molecule has 2 heteroatoms. The molecule has 1 N–H and O–H groups in total. The van der Waals surface area contributed by atoms with Crippen LogP contribution in [0.1, 0.15) is 37.9 Å². The molecule has 96 valence electrons. The lowest BCUT2D eigenvalue weighted by Gasteiger charge is -2.29. The van der Waals surface area contributed by atoms with Gasteiger partial charge in [-0.3, -0.25) is 0 Å². The van der Waals surface area contributed by atoms with E-state index in [1.807, 2.05) is 7.05 Å². The zero-order chi connectivity index (χ0) is 12.8. The lowest BCUT2D eigenvalue weighted by Crippen LogP contribution is -2.34. The molecule has 1 aromatic carbocycles. The van der Waals surface area contributed by atoms with Gasteiger partial charge in [0, 0.05) is 7.11 Å². The summed E-state index contributed by atoms with van der Waals surface area (Å²) in [5, 5.41) is 3.38. The quantitative estimate of drug-likeness (QED) is 0.817. The van der Waals surface area contributed by atoms with Gasteiger partial charge in [0.05, 0.1) is 12.1 Å². The van der Waals surface area contributed by atoms with Crippen molar-refractivity contribution in [1.82, 2.24) is 5.32 Å². The molecular weight excluding hydrogens is 210 g/mol. The highest BCUT2D eigenvalue weighted by Gasteiger charge is 2.24. The van der Waals surface area contributed by atoms with Gasteiger partial charge in [-0.05, 0) is 30.5 Å². The van der Waals surface area contributed by atoms with Crippen LogP contribution in [0.2, 0.25) is 0 Å². The summed E-state index contributed by atoms with van der Waals surface area (Å²) >= 11 is 0. The van der Waals surface area contributed by atoms with Gasteiger partial charge >= 0.3 is 0 Å². The number of benzene rings is 1. The second-order valence-corrected chi connectivity index (χ2v) is 4.81. The Balaban J connectivity index is 2.99. The fourth-order valence-electron chi connectivity index (χ4n) is 2.32. The van der Waals surface area contributed by atoms with Gasteiger partial charge < -0.3 is 10.1 Å². The third kappa shape index (κ3) is 3.55. The smallest absolute Gasteiger partial charge is 0.0788 e. The van der Waals surface area contributed by atoms with Crippen LogP contribution in [0.4, 0.5) is 0 Å². The molecule has 0 aliphatic rings. The molecule has 2 nitrogen and oxygen atoms in total. The molecule has 0 aromatic heterocycles. The predicted molar refractivity (Wildman–Crippen MR) is 73.3 cm³/mol. The summed E-state index contributed by atoms with van der Waals surface area (Å²) < 4.78 is 5.63. The van der Waals surface area contributed by atoms with E-state index in [1.54, 1.807) is 7.11 Å². The van der Waals surface area contributed by atoms with E-state index < -0.39 is 0 Å². The van der Waals surface area contributed by atoms with E-state index in [0.717, 1.165) is 6.42 Å². The first-order valence-electron chi connectivity index (χ1n) is 6.42. The summed E-state index contributed by atoms with van der Waals surface area (Å²) in [6.45, 7) is 6.58. The van der Waals surface area contributed by atoms with Crippen molar-refractivity contribution in [3.63, 3.8) is 0 Å². The van der Waals surface area contributed by atoms with Crippen molar-refractivity contribution >= 4 is 0 Å². The van der Waals surface area contributed by atoms with E-state index in [-0.39, 0.29) is 12.1 Å². The van der Waals surface area contributed by atoms with Crippen molar-refractivity contribution in [2.24, 2.45) is 5.92 Å². The summed E-state index contributed by atoms with van der Waals surface area (Å²) in [5.41, 5.74) is 2.69. The summed E-state index contributed by atoms with van der Waals surface area (Å²) in [5.74, 6) is 0.489. The molecule has 0 aliphatic heterocycles. The molecule has 0 bridgehead atoms. The third-order valence-corrected chi connectivity index (χ3v) is 3.29. The maximum atomic E-state index is 5.63. The minimum absolute atomic E-state index is 0.201. The molecule has 0 radical (unpaired) electrons. The van der Waals surface area contributed by atoms with E-state index in [2.05, 4.69) is 50.4 Å². The minimum atomic E-state index is 0.201. The van der Waals surface area contributed by atoms with E-state index >= 15 is 0 Å². The molecule has 17 heavy (non-hydrogen) atoms. The molecule has 0 saturated carbocycles. The van der Waals surface area contributed by atoms with Crippen molar-refractivity contribution in [2.75, 3.05) is 14.2 Å². The number of aryl methyl sites for hydroxylation is 1. The van der Waals surface area contributed by atoms with E-state index in [9.17, 15) is 0 Å². The highest BCUT2D eigenvalue weighted by Crippen LogP contribution is 2.24. The van der Waals surface area contributed by atoms with Gasteiger partial charge in [0.25, 0.3) is 0 Å². The van der Waals surface area contributed by atoms with Crippen LogP contribution in [0.5, 0.6) is 0 Å². The second-order valence-electron chi connectivity index (χ2n) is 4.81. The number of methoxy groups -OCH3 is 1. The van der Waals surface area contributed by atoms with E-state index in [1.165, 1.54) is 11.1 Å². The summed E-state index contributed by atoms with van der Waals surface area (Å²) in [4.78, 5) is 0. The number of nitrogens with one attached hydrogen (secondary N) is 1. The molecule has 2 unspecified atom stereocenters. The van der Waals surface area contributed by atoms with Crippen LogP contribution >= 0.6 is 0 Å². The van der Waals surface area contributed by atoms with E-state index in [0.29, 0.717) is 5.92 Å². The molecule has 0 heterocycles. The van der Waals surface area contributed by atoms with Crippen molar-refractivity contribution < 1.29 is 4.74 Å². The van der Waals surface area contributed by atoms with E-state index in [4.69, 9.17) is 4.74 Å². The van der Waals surface area contributed by atoms with Crippen LogP contribution < -0.4 is 5.32 Å². The largest absolute Gasteiger partial charge is 0.379 e. The molecule has 1 rings (SSSR count). The molecular formula is C15H25NO.